The number of aromatic nitrogens is 4. The zero-order chi connectivity index (χ0) is 16.7. The topological polar surface area (TPSA) is 94.1 Å². The van der Waals surface area contributed by atoms with Gasteiger partial charge in [-0.15, -0.1) is 0 Å². The minimum absolute atomic E-state index is 0.103. The van der Waals surface area contributed by atoms with Crippen LogP contribution >= 0.6 is 0 Å². The molecule has 0 aromatic carbocycles. The van der Waals surface area contributed by atoms with Crippen LogP contribution in [0.2, 0.25) is 0 Å². The molecule has 2 aliphatic heterocycles. The highest BCUT2D eigenvalue weighted by atomic mass is 16.5. The second-order valence-electron chi connectivity index (χ2n) is 6.48. The van der Waals surface area contributed by atoms with Crippen LogP contribution in [0.15, 0.2) is 18.5 Å². The van der Waals surface area contributed by atoms with Crippen LogP contribution < -0.4 is 16.0 Å². The van der Waals surface area contributed by atoms with E-state index in [4.69, 9.17) is 10.5 Å². The quantitative estimate of drug-likeness (QED) is 0.843. The first-order valence-electron chi connectivity index (χ1n) is 8.30. The highest BCUT2D eigenvalue weighted by Crippen LogP contribution is 2.28. The van der Waals surface area contributed by atoms with Crippen LogP contribution in [0.25, 0.3) is 0 Å². The molecule has 0 saturated carbocycles. The van der Waals surface area contributed by atoms with Crippen molar-refractivity contribution in [1.29, 1.82) is 0 Å². The van der Waals surface area contributed by atoms with Crippen molar-refractivity contribution >= 4 is 11.8 Å². The molecule has 0 radical (unpaired) electrons. The van der Waals surface area contributed by atoms with Crippen molar-refractivity contribution in [3.05, 3.63) is 30.0 Å². The number of nitrogens with zero attached hydrogens (tertiary/aromatic N) is 5. The number of methoxy groups -OCH3 is 1. The van der Waals surface area contributed by atoms with Crippen LogP contribution in [0.5, 0.6) is 0 Å². The van der Waals surface area contributed by atoms with E-state index in [1.807, 2.05) is 12.3 Å². The van der Waals surface area contributed by atoms with Crippen LogP contribution in [0.4, 0.5) is 11.8 Å². The van der Waals surface area contributed by atoms with E-state index in [0.29, 0.717) is 5.95 Å². The Morgan fingerprint density at radius 3 is 3.00 bits per heavy atom. The van der Waals surface area contributed by atoms with Crippen molar-refractivity contribution < 1.29 is 4.74 Å². The van der Waals surface area contributed by atoms with Crippen LogP contribution in [-0.4, -0.2) is 51.9 Å². The average Bonchev–Trinajstić information content (AvgIpc) is 3.26. The lowest BCUT2D eigenvalue weighted by molar-refractivity contribution is 0.0929. The van der Waals surface area contributed by atoms with Gasteiger partial charge in [0.1, 0.15) is 11.6 Å². The summed E-state index contributed by atoms with van der Waals surface area (Å²) < 4.78 is 7.99. The maximum absolute atomic E-state index is 5.71. The van der Waals surface area contributed by atoms with Crippen molar-refractivity contribution in [2.24, 2.45) is 0 Å². The van der Waals surface area contributed by atoms with Crippen LogP contribution in [-0.2, 0) is 11.3 Å². The van der Waals surface area contributed by atoms with Gasteiger partial charge >= 0.3 is 0 Å². The van der Waals surface area contributed by atoms with Crippen molar-refractivity contribution in [1.82, 2.24) is 24.8 Å². The molecule has 2 aromatic heterocycles. The van der Waals surface area contributed by atoms with Gasteiger partial charge in [0.2, 0.25) is 5.95 Å². The fraction of sp³-hybridized carbons (Fsp3) is 0.562. The number of ether oxygens (including phenoxy) is 1. The van der Waals surface area contributed by atoms with E-state index in [1.165, 1.54) is 5.69 Å². The average molecular weight is 329 g/mol. The largest absolute Gasteiger partial charge is 0.378 e. The molecule has 0 spiro atoms. The predicted molar refractivity (Wildman–Crippen MR) is 90.7 cm³/mol. The predicted octanol–water partition coefficient (Wildman–Crippen LogP) is 0.502. The van der Waals surface area contributed by atoms with Crippen LogP contribution in [0.3, 0.4) is 0 Å². The van der Waals surface area contributed by atoms with E-state index in [2.05, 4.69) is 36.7 Å². The first kappa shape index (κ1) is 15.3. The molecule has 8 heteroatoms. The Morgan fingerprint density at radius 1 is 1.33 bits per heavy atom. The number of hydrogen-bond donors (Lipinski definition) is 2. The summed E-state index contributed by atoms with van der Waals surface area (Å²) in [6, 6.07) is 2.38. The second kappa shape index (κ2) is 6.03. The standard InChI is InChI=1S/C16H23N7O/c1-10-7-19-15-11(4-6-23(10)15)20-12-8-22(9-13(12)24-2)14-3-5-18-16(17)21-14/h3,5,7,11-13,20H,4,6,8-9H2,1-2H3,(H2,17,18,21)/t11?,12-,13+/m0/s1. The molecule has 4 rings (SSSR count). The molecule has 128 valence electrons. The summed E-state index contributed by atoms with van der Waals surface area (Å²) in [5.74, 6) is 2.27. The van der Waals surface area contributed by atoms with E-state index in [0.717, 1.165) is 37.7 Å². The molecule has 24 heavy (non-hydrogen) atoms. The number of aryl methyl sites for hydroxylation is 1. The zero-order valence-electron chi connectivity index (χ0n) is 14.0. The van der Waals surface area contributed by atoms with Gasteiger partial charge in [-0.3, -0.25) is 0 Å². The molecule has 4 heterocycles. The Hall–Kier alpha value is -2.19. The Bertz CT molecular complexity index is 731. The lowest BCUT2D eigenvalue weighted by Crippen LogP contribution is -2.41. The number of fused-ring (bicyclic) bond motifs is 1. The van der Waals surface area contributed by atoms with Crippen molar-refractivity contribution in [2.45, 2.75) is 38.1 Å². The Labute approximate surface area is 141 Å². The molecule has 0 aliphatic carbocycles. The maximum atomic E-state index is 5.71. The number of hydrogen-bond acceptors (Lipinski definition) is 7. The van der Waals surface area contributed by atoms with Gasteiger partial charge in [0, 0.05) is 44.8 Å². The number of rotatable bonds is 4. The highest BCUT2D eigenvalue weighted by molar-refractivity contribution is 5.43. The van der Waals surface area contributed by atoms with Crippen molar-refractivity contribution in [3.63, 3.8) is 0 Å². The van der Waals surface area contributed by atoms with E-state index in [1.54, 1.807) is 13.3 Å². The maximum Gasteiger partial charge on any atom is 0.221 e. The van der Waals surface area contributed by atoms with Gasteiger partial charge in [-0.1, -0.05) is 0 Å². The van der Waals surface area contributed by atoms with Crippen molar-refractivity contribution in [3.8, 4) is 0 Å². The molecule has 0 bridgehead atoms. The third kappa shape index (κ3) is 2.61. The summed E-state index contributed by atoms with van der Waals surface area (Å²) >= 11 is 0. The van der Waals surface area contributed by atoms with Gasteiger partial charge in [0.05, 0.1) is 18.2 Å². The summed E-state index contributed by atoms with van der Waals surface area (Å²) in [5, 5.41) is 3.74. The lowest BCUT2D eigenvalue weighted by Gasteiger charge is -2.22. The molecular weight excluding hydrogens is 306 g/mol. The number of nitrogen functional groups attached to an aromatic ring is 1. The normalized spacial score (nSPS) is 26.1. The van der Waals surface area contributed by atoms with Gasteiger partial charge in [0.25, 0.3) is 0 Å². The molecule has 1 fully saturated rings. The van der Waals surface area contributed by atoms with Gasteiger partial charge in [0.15, 0.2) is 0 Å². The summed E-state index contributed by atoms with van der Waals surface area (Å²) in [6.07, 6.45) is 4.81. The summed E-state index contributed by atoms with van der Waals surface area (Å²) in [4.78, 5) is 15.0. The SMILES string of the molecule is CO[C@@H]1CN(c2ccnc(N)n2)C[C@@H]1NC1CCn2c(C)cnc21. The third-order valence-electron chi connectivity index (χ3n) is 5.01. The molecule has 3 N–H and O–H groups in total. The Morgan fingerprint density at radius 2 is 2.21 bits per heavy atom. The van der Waals surface area contributed by atoms with Gasteiger partial charge < -0.3 is 25.3 Å². The minimum Gasteiger partial charge on any atom is -0.378 e. The van der Waals surface area contributed by atoms with E-state index in [9.17, 15) is 0 Å². The third-order valence-corrected chi connectivity index (χ3v) is 5.01. The zero-order valence-corrected chi connectivity index (χ0v) is 14.0. The highest BCUT2D eigenvalue weighted by Gasteiger charge is 2.37. The smallest absolute Gasteiger partial charge is 0.221 e. The monoisotopic (exact) mass is 329 g/mol. The lowest BCUT2D eigenvalue weighted by atomic mass is 10.1. The van der Waals surface area contributed by atoms with Crippen molar-refractivity contribution in [2.75, 3.05) is 30.8 Å². The van der Waals surface area contributed by atoms with E-state index < -0.39 is 0 Å². The van der Waals surface area contributed by atoms with Gasteiger partial charge in [-0.2, -0.15) is 4.98 Å². The Balaban J connectivity index is 1.49. The number of anilines is 2. The van der Waals surface area contributed by atoms with Gasteiger partial charge in [-0.05, 0) is 19.4 Å². The molecule has 3 atom stereocenters. The molecule has 2 aromatic rings. The summed E-state index contributed by atoms with van der Waals surface area (Å²) in [5.41, 5.74) is 6.93. The van der Waals surface area contributed by atoms with E-state index in [-0.39, 0.29) is 18.2 Å². The molecular formula is C16H23N7O. The molecule has 1 saturated heterocycles. The molecule has 0 amide bonds. The van der Waals surface area contributed by atoms with Crippen LogP contribution in [0.1, 0.15) is 24.0 Å². The Kier molecular flexibility index (Phi) is 3.85. The number of imidazole rings is 1. The first-order chi connectivity index (χ1) is 11.7. The van der Waals surface area contributed by atoms with Gasteiger partial charge in [-0.25, -0.2) is 9.97 Å². The van der Waals surface area contributed by atoms with E-state index >= 15 is 0 Å². The summed E-state index contributed by atoms with van der Waals surface area (Å²) in [6.45, 7) is 4.74. The fourth-order valence-electron chi connectivity index (χ4n) is 3.75. The number of nitrogens with two attached hydrogens (primary N) is 1. The minimum atomic E-state index is 0.103. The number of nitrogens with one attached hydrogen (secondary N) is 1. The van der Waals surface area contributed by atoms with Crippen LogP contribution in [0, 0.1) is 6.92 Å². The molecule has 8 nitrogen and oxygen atoms in total. The molecule has 1 unspecified atom stereocenters. The summed E-state index contributed by atoms with van der Waals surface area (Å²) in [7, 11) is 1.76. The first-order valence-corrected chi connectivity index (χ1v) is 8.30. The second-order valence-corrected chi connectivity index (χ2v) is 6.48. The fourth-order valence-corrected chi connectivity index (χ4v) is 3.75. The molecule has 2 aliphatic rings.